The van der Waals surface area contributed by atoms with Crippen molar-refractivity contribution >= 4 is 32.7 Å². The molecule has 0 aliphatic carbocycles. The minimum atomic E-state index is -4.41. The van der Waals surface area contributed by atoms with Crippen molar-refractivity contribution in [3.05, 3.63) is 36.3 Å². The van der Waals surface area contributed by atoms with Crippen molar-refractivity contribution in [1.29, 1.82) is 0 Å². The Morgan fingerprint density at radius 3 is 2.83 bits per heavy atom. The average Bonchev–Trinajstić information content (AvgIpc) is 3.05. The summed E-state index contributed by atoms with van der Waals surface area (Å²) in [6, 6.07) is 5.37. The van der Waals surface area contributed by atoms with Gasteiger partial charge in [0.05, 0.1) is 17.7 Å². The van der Waals surface area contributed by atoms with Gasteiger partial charge in [0.1, 0.15) is 0 Å². The first-order chi connectivity index (χ1) is 11.4. The van der Waals surface area contributed by atoms with Crippen LogP contribution in [0.15, 0.2) is 35.7 Å². The number of thioether (sulfide) groups is 1. The van der Waals surface area contributed by atoms with E-state index >= 15 is 0 Å². The van der Waals surface area contributed by atoms with E-state index in [4.69, 9.17) is 0 Å². The Morgan fingerprint density at radius 2 is 2.25 bits per heavy atom. The fourth-order valence-electron chi connectivity index (χ4n) is 2.03. The zero-order valence-corrected chi connectivity index (χ0v) is 15.1. The minimum absolute atomic E-state index is 0.404. The van der Waals surface area contributed by atoms with Crippen molar-refractivity contribution in [1.82, 2.24) is 15.3 Å². The van der Waals surface area contributed by atoms with Crippen molar-refractivity contribution in [3.63, 3.8) is 0 Å². The molecule has 0 bridgehead atoms. The molecule has 130 valence electrons. The SMILES string of the molecule is CCSCCNC(=Nc1ccc(-c2c[nH]cn2)cc1C)S(=O)(=O)O. The van der Waals surface area contributed by atoms with Crippen molar-refractivity contribution in [2.45, 2.75) is 13.8 Å². The Kier molecular flexibility index (Phi) is 6.41. The van der Waals surface area contributed by atoms with E-state index in [0.717, 1.165) is 28.3 Å². The molecule has 0 atom stereocenters. The summed E-state index contributed by atoms with van der Waals surface area (Å²) in [5.74, 6) is 1.66. The second-order valence-corrected chi connectivity index (χ2v) is 7.70. The van der Waals surface area contributed by atoms with Crippen molar-refractivity contribution in [3.8, 4) is 11.3 Å². The van der Waals surface area contributed by atoms with E-state index in [1.165, 1.54) is 0 Å². The van der Waals surface area contributed by atoms with Crippen molar-refractivity contribution < 1.29 is 13.0 Å². The topological polar surface area (TPSA) is 107 Å². The number of aliphatic imine (C=N–C) groups is 1. The van der Waals surface area contributed by atoms with Gasteiger partial charge in [-0.2, -0.15) is 20.2 Å². The van der Waals surface area contributed by atoms with Crippen LogP contribution in [-0.4, -0.2) is 46.2 Å². The van der Waals surface area contributed by atoms with E-state index in [9.17, 15) is 13.0 Å². The molecule has 2 aromatic rings. The summed E-state index contributed by atoms with van der Waals surface area (Å²) in [5.41, 5.74) is 2.94. The number of aromatic amines is 1. The van der Waals surface area contributed by atoms with E-state index < -0.39 is 15.3 Å². The van der Waals surface area contributed by atoms with Crippen LogP contribution in [-0.2, 0) is 10.1 Å². The van der Waals surface area contributed by atoms with Crippen LogP contribution in [0.4, 0.5) is 5.69 Å². The fourth-order valence-corrected chi connectivity index (χ4v) is 3.06. The lowest BCUT2D eigenvalue weighted by atomic mass is 10.1. The van der Waals surface area contributed by atoms with E-state index in [0.29, 0.717) is 12.2 Å². The van der Waals surface area contributed by atoms with Gasteiger partial charge < -0.3 is 10.3 Å². The molecule has 7 nitrogen and oxygen atoms in total. The molecule has 0 saturated carbocycles. The number of imidazole rings is 1. The van der Waals surface area contributed by atoms with Gasteiger partial charge in [0, 0.05) is 24.1 Å². The predicted octanol–water partition coefficient (Wildman–Crippen LogP) is 2.60. The number of aromatic nitrogens is 2. The molecule has 1 aromatic carbocycles. The molecule has 1 heterocycles. The normalized spacial score (nSPS) is 12.4. The molecule has 0 aliphatic rings. The number of H-pyrrole nitrogens is 1. The van der Waals surface area contributed by atoms with Gasteiger partial charge in [-0.25, -0.2) is 9.98 Å². The number of aryl methyl sites for hydroxylation is 1. The number of amidine groups is 1. The lowest BCUT2D eigenvalue weighted by Gasteiger charge is -2.09. The first kappa shape index (κ1) is 18.5. The van der Waals surface area contributed by atoms with Crippen LogP contribution in [0.2, 0.25) is 0 Å². The van der Waals surface area contributed by atoms with Gasteiger partial charge in [0.2, 0.25) is 5.17 Å². The molecule has 24 heavy (non-hydrogen) atoms. The van der Waals surface area contributed by atoms with Crippen LogP contribution in [0.5, 0.6) is 0 Å². The van der Waals surface area contributed by atoms with Crippen LogP contribution < -0.4 is 5.32 Å². The van der Waals surface area contributed by atoms with Gasteiger partial charge >= 0.3 is 10.1 Å². The van der Waals surface area contributed by atoms with Crippen LogP contribution >= 0.6 is 11.8 Å². The summed E-state index contributed by atoms with van der Waals surface area (Å²) >= 11 is 1.67. The highest BCUT2D eigenvalue weighted by molar-refractivity contribution is 8.01. The van der Waals surface area contributed by atoms with Gasteiger partial charge in [-0.1, -0.05) is 13.0 Å². The Bertz CT molecular complexity index is 802. The highest BCUT2D eigenvalue weighted by Gasteiger charge is 2.16. The van der Waals surface area contributed by atoms with Crippen LogP contribution in [0, 0.1) is 6.92 Å². The standard InChI is InChI=1S/C15H20N4O3S2/c1-3-23-7-6-17-15(24(20,21)22)19-13-5-4-12(8-11(13)2)14-9-16-10-18-14/h4-5,8-10H,3,6-7H2,1-2H3,(H,16,18)(H,17,19)(H,20,21,22). The summed E-state index contributed by atoms with van der Waals surface area (Å²) in [6.45, 7) is 4.25. The number of benzene rings is 1. The first-order valence-electron chi connectivity index (χ1n) is 7.39. The molecule has 0 fully saturated rings. The molecule has 0 saturated heterocycles. The van der Waals surface area contributed by atoms with Crippen LogP contribution in [0.3, 0.4) is 0 Å². The summed E-state index contributed by atoms with van der Waals surface area (Å²) in [6.07, 6.45) is 3.36. The zero-order valence-electron chi connectivity index (χ0n) is 13.5. The number of rotatable bonds is 6. The first-order valence-corrected chi connectivity index (χ1v) is 9.99. The zero-order chi connectivity index (χ0) is 17.6. The summed E-state index contributed by atoms with van der Waals surface area (Å²) in [7, 11) is -4.41. The molecule has 2 rings (SSSR count). The Hall–Kier alpha value is -1.84. The molecule has 1 aromatic heterocycles. The van der Waals surface area contributed by atoms with Gasteiger partial charge in [-0.3, -0.25) is 4.55 Å². The molecule has 0 aliphatic heterocycles. The molecule has 3 N–H and O–H groups in total. The Balaban J connectivity index is 2.25. The Morgan fingerprint density at radius 1 is 1.46 bits per heavy atom. The molecule has 0 unspecified atom stereocenters. The average molecular weight is 368 g/mol. The second kappa shape index (κ2) is 8.32. The van der Waals surface area contributed by atoms with Crippen LogP contribution in [0.1, 0.15) is 12.5 Å². The third-order valence-electron chi connectivity index (χ3n) is 3.18. The predicted molar refractivity (Wildman–Crippen MR) is 98.4 cm³/mol. The van der Waals surface area contributed by atoms with Gasteiger partial charge in [-0.15, -0.1) is 0 Å². The smallest absolute Gasteiger partial charge is 0.328 e. The maximum absolute atomic E-state index is 11.5. The maximum Gasteiger partial charge on any atom is 0.328 e. The van der Waals surface area contributed by atoms with Gasteiger partial charge in [-0.05, 0) is 30.4 Å². The molecule has 9 heteroatoms. The highest BCUT2D eigenvalue weighted by atomic mass is 32.2. The summed E-state index contributed by atoms with van der Waals surface area (Å²) in [4.78, 5) is 11.1. The largest absolute Gasteiger partial charge is 0.358 e. The summed E-state index contributed by atoms with van der Waals surface area (Å²) in [5, 5.41) is 2.25. The lowest BCUT2D eigenvalue weighted by Crippen LogP contribution is -2.32. The third-order valence-corrected chi connectivity index (χ3v) is 4.81. The monoisotopic (exact) mass is 368 g/mol. The molecule has 0 spiro atoms. The molecular formula is C15H20N4O3S2. The second-order valence-electron chi connectivity index (χ2n) is 4.97. The Labute approximate surface area is 145 Å². The van der Waals surface area contributed by atoms with Crippen molar-refractivity contribution in [2.75, 3.05) is 18.1 Å². The van der Waals surface area contributed by atoms with E-state index in [2.05, 4.69) is 20.3 Å². The maximum atomic E-state index is 11.5. The van der Waals surface area contributed by atoms with Gasteiger partial charge in [0.25, 0.3) is 0 Å². The van der Waals surface area contributed by atoms with Crippen LogP contribution in [0.25, 0.3) is 11.3 Å². The molecule has 0 radical (unpaired) electrons. The number of hydrogen-bond acceptors (Lipinski definition) is 5. The number of hydrogen-bond donors (Lipinski definition) is 3. The highest BCUT2D eigenvalue weighted by Crippen LogP contribution is 2.25. The van der Waals surface area contributed by atoms with Crippen molar-refractivity contribution in [2.24, 2.45) is 4.99 Å². The van der Waals surface area contributed by atoms with Gasteiger partial charge in [0.15, 0.2) is 0 Å². The summed E-state index contributed by atoms with van der Waals surface area (Å²) < 4.78 is 32.4. The van der Waals surface area contributed by atoms with E-state index in [1.807, 2.05) is 19.9 Å². The fraction of sp³-hybridized carbons (Fsp3) is 0.333. The number of nitrogens with one attached hydrogen (secondary N) is 2. The lowest BCUT2D eigenvalue weighted by molar-refractivity contribution is 0.496. The van der Waals surface area contributed by atoms with E-state index in [1.54, 1.807) is 36.4 Å². The third kappa shape index (κ3) is 5.08. The molecular weight excluding hydrogens is 348 g/mol. The molecule has 0 amide bonds. The minimum Gasteiger partial charge on any atom is -0.358 e. The quantitative estimate of drug-likeness (QED) is 0.313. The number of nitrogens with zero attached hydrogens (tertiary/aromatic N) is 2. The van der Waals surface area contributed by atoms with E-state index in [-0.39, 0.29) is 0 Å².